The number of aryl methyl sites for hydroxylation is 1. The van der Waals surface area contributed by atoms with E-state index in [0.29, 0.717) is 6.04 Å². The van der Waals surface area contributed by atoms with E-state index in [1.165, 1.54) is 46.2 Å². The van der Waals surface area contributed by atoms with Gasteiger partial charge in [-0.15, -0.1) is 11.3 Å². The Morgan fingerprint density at radius 3 is 2.81 bits per heavy atom. The van der Waals surface area contributed by atoms with Crippen LogP contribution in [0.5, 0.6) is 0 Å². The maximum absolute atomic E-state index is 6.19. The van der Waals surface area contributed by atoms with Gasteiger partial charge in [-0.3, -0.25) is 0 Å². The first-order chi connectivity index (χ1) is 10.3. The van der Waals surface area contributed by atoms with Crippen LogP contribution in [-0.4, -0.2) is 0 Å². The quantitative estimate of drug-likeness (QED) is 0.607. The van der Waals surface area contributed by atoms with Crippen LogP contribution < -0.4 is 5.32 Å². The van der Waals surface area contributed by atoms with E-state index in [9.17, 15) is 0 Å². The number of halogens is 1. The molecular formula is C18H16ClNS. The van der Waals surface area contributed by atoms with Gasteiger partial charge in [0.15, 0.2) is 0 Å². The predicted octanol–water partition coefficient (Wildman–Crippen LogP) is 6.04. The van der Waals surface area contributed by atoms with Crippen molar-refractivity contribution in [1.29, 1.82) is 0 Å². The van der Waals surface area contributed by atoms with Crippen LogP contribution in [0.3, 0.4) is 0 Å². The summed E-state index contributed by atoms with van der Waals surface area (Å²) in [6.45, 7) is 0. The second kappa shape index (κ2) is 5.36. The summed E-state index contributed by atoms with van der Waals surface area (Å²) in [6.07, 6.45) is 3.57. The fraction of sp³-hybridized carbons (Fsp3) is 0.222. The summed E-state index contributed by atoms with van der Waals surface area (Å²) in [4.78, 5) is 1.45. The Hall–Kier alpha value is -1.51. The van der Waals surface area contributed by atoms with Gasteiger partial charge < -0.3 is 5.32 Å². The fourth-order valence-corrected chi connectivity index (χ4v) is 4.54. The number of rotatable bonds is 2. The lowest BCUT2D eigenvalue weighted by Gasteiger charge is -2.24. The highest BCUT2D eigenvalue weighted by atomic mass is 35.5. The third kappa shape index (κ3) is 2.54. The molecule has 1 heterocycles. The summed E-state index contributed by atoms with van der Waals surface area (Å²) in [7, 11) is 0. The Balaban J connectivity index is 1.66. The average molecular weight is 314 g/mol. The summed E-state index contributed by atoms with van der Waals surface area (Å²) in [6, 6.07) is 17.6. The number of nitrogens with one attached hydrogen (secondary N) is 1. The molecule has 0 fully saturated rings. The molecule has 1 aromatic heterocycles. The first-order valence-electron chi connectivity index (χ1n) is 7.33. The van der Waals surface area contributed by atoms with Crippen molar-refractivity contribution in [3.63, 3.8) is 0 Å². The number of hydrogen-bond donors (Lipinski definition) is 1. The molecule has 4 rings (SSSR count). The topological polar surface area (TPSA) is 12.0 Å². The summed E-state index contributed by atoms with van der Waals surface area (Å²) < 4.78 is 0.909. The summed E-state index contributed by atoms with van der Waals surface area (Å²) in [5.74, 6) is 0. The van der Waals surface area contributed by atoms with E-state index in [1.807, 2.05) is 0 Å². The van der Waals surface area contributed by atoms with Gasteiger partial charge in [0.05, 0.1) is 10.4 Å². The Morgan fingerprint density at radius 2 is 1.90 bits per heavy atom. The minimum atomic E-state index is 0.388. The molecule has 3 aromatic rings. The van der Waals surface area contributed by atoms with Crippen LogP contribution in [0, 0.1) is 0 Å². The van der Waals surface area contributed by atoms with Gasteiger partial charge in [0.25, 0.3) is 0 Å². The Kier molecular flexibility index (Phi) is 3.36. The first kappa shape index (κ1) is 13.2. The SMILES string of the molecule is Clc1cc2c(s1)CCCC2Nc1ccc2ccccc2c1. The average Bonchev–Trinajstić information content (AvgIpc) is 2.89. The summed E-state index contributed by atoms with van der Waals surface area (Å²) in [5.41, 5.74) is 2.58. The van der Waals surface area contributed by atoms with Crippen molar-refractivity contribution in [2.75, 3.05) is 5.32 Å². The molecule has 2 aromatic carbocycles. The van der Waals surface area contributed by atoms with Gasteiger partial charge in [-0.1, -0.05) is 41.9 Å². The van der Waals surface area contributed by atoms with Crippen molar-refractivity contribution in [2.45, 2.75) is 25.3 Å². The second-order valence-corrected chi connectivity index (χ2v) is 7.35. The van der Waals surface area contributed by atoms with Gasteiger partial charge >= 0.3 is 0 Å². The van der Waals surface area contributed by atoms with Crippen LogP contribution >= 0.6 is 22.9 Å². The molecule has 1 nitrogen and oxygen atoms in total. The molecule has 0 amide bonds. The Labute approximate surface area is 133 Å². The van der Waals surface area contributed by atoms with Crippen molar-refractivity contribution in [3.05, 3.63) is 63.3 Å². The maximum Gasteiger partial charge on any atom is 0.0934 e. The predicted molar refractivity (Wildman–Crippen MR) is 92.6 cm³/mol. The molecule has 0 radical (unpaired) electrons. The number of anilines is 1. The molecule has 0 aliphatic heterocycles. The van der Waals surface area contributed by atoms with E-state index in [2.05, 4.69) is 53.8 Å². The molecule has 0 spiro atoms. The lowest BCUT2D eigenvalue weighted by atomic mass is 9.93. The minimum absolute atomic E-state index is 0.388. The van der Waals surface area contributed by atoms with Gasteiger partial charge in [0.1, 0.15) is 0 Å². The molecule has 106 valence electrons. The van der Waals surface area contributed by atoms with Gasteiger partial charge in [0, 0.05) is 10.6 Å². The lowest BCUT2D eigenvalue weighted by Crippen LogP contribution is -2.15. The van der Waals surface area contributed by atoms with Gasteiger partial charge in [0.2, 0.25) is 0 Å². The minimum Gasteiger partial charge on any atom is -0.378 e. The smallest absolute Gasteiger partial charge is 0.0934 e. The van der Waals surface area contributed by atoms with Gasteiger partial charge in [-0.25, -0.2) is 0 Å². The highest BCUT2D eigenvalue weighted by Crippen LogP contribution is 2.39. The van der Waals surface area contributed by atoms with Crippen LogP contribution in [0.1, 0.15) is 29.3 Å². The molecule has 1 unspecified atom stereocenters. The van der Waals surface area contributed by atoms with Crippen molar-refractivity contribution in [3.8, 4) is 0 Å². The highest BCUT2D eigenvalue weighted by Gasteiger charge is 2.22. The molecular weight excluding hydrogens is 298 g/mol. The Bertz CT molecular complexity index is 793. The number of fused-ring (bicyclic) bond motifs is 2. The molecule has 1 N–H and O–H groups in total. The highest BCUT2D eigenvalue weighted by molar-refractivity contribution is 7.16. The zero-order chi connectivity index (χ0) is 14.2. The molecule has 1 aliphatic rings. The zero-order valence-electron chi connectivity index (χ0n) is 11.6. The van der Waals surface area contributed by atoms with Crippen molar-refractivity contribution in [1.82, 2.24) is 0 Å². The Morgan fingerprint density at radius 1 is 1.05 bits per heavy atom. The van der Waals surface area contributed by atoms with E-state index in [4.69, 9.17) is 11.6 Å². The van der Waals surface area contributed by atoms with E-state index in [-0.39, 0.29) is 0 Å². The third-order valence-corrected chi connectivity index (χ3v) is 5.51. The largest absolute Gasteiger partial charge is 0.378 e. The van der Waals surface area contributed by atoms with Crippen molar-refractivity contribution in [2.24, 2.45) is 0 Å². The number of thiophene rings is 1. The van der Waals surface area contributed by atoms with Gasteiger partial charge in [-0.2, -0.15) is 0 Å². The lowest BCUT2D eigenvalue weighted by molar-refractivity contribution is 0.609. The first-order valence-corrected chi connectivity index (χ1v) is 8.52. The molecule has 3 heteroatoms. The molecule has 0 saturated carbocycles. The van der Waals surface area contributed by atoms with E-state index < -0.39 is 0 Å². The maximum atomic E-state index is 6.19. The van der Waals surface area contributed by atoms with Crippen LogP contribution in [0.15, 0.2) is 48.5 Å². The molecule has 0 saturated heterocycles. The van der Waals surface area contributed by atoms with Crippen LogP contribution in [0.4, 0.5) is 5.69 Å². The van der Waals surface area contributed by atoms with E-state index in [0.717, 1.165) is 4.34 Å². The molecule has 0 bridgehead atoms. The van der Waals surface area contributed by atoms with E-state index in [1.54, 1.807) is 11.3 Å². The van der Waals surface area contributed by atoms with Crippen LogP contribution in [-0.2, 0) is 6.42 Å². The van der Waals surface area contributed by atoms with Gasteiger partial charge in [-0.05, 0) is 53.8 Å². The second-order valence-electron chi connectivity index (χ2n) is 5.58. The summed E-state index contributed by atoms with van der Waals surface area (Å²) >= 11 is 7.92. The van der Waals surface area contributed by atoms with E-state index >= 15 is 0 Å². The van der Waals surface area contributed by atoms with Crippen molar-refractivity contribution >= 4 is 39.4 Å². The third-order valence-electron chi connectivity index (χ3n) is 4.17. The molecule has 1 atom stereocenters. The normalized spacial score (nSPS) is 17.7. The zero-order valence-corrected chi connectivity index (χ0v) is 13.2. The standard InChI is InChI=1S/C18H16ClNS/c19-18-11-15-16(6-3-7-17(15)21-18)20-14-9-8-12-4-1-2-5-13(12)10-14/h1-2,4-5,8-11,16,20H,3,6-7H2. The van der Waals surface area contributed by atoms with Crippen LogP contribution in [0.25, 0.3) is 10.8 Å². The molecule has 1 aliphatic carbocycles. The molecule has 21 heavy (non-hydrogen) atoms. The van der Waals surface area contributed by atoms with Crippen LogP contribution in [0.2, 0.25) is 4.34 Å². The fourth-order valence-electron chi connectivity index (χ4n) is 3.15. The summed E-state index contributed by atoms with van der Waals surface area (Å²) in [5, 5.41) is 6.25. The monoisotopic (exact) mass is 313 g/mol. The number of hydrogen-bond acceptors (Lipinski definition) is 2. The number of benzene rings is 2. The van der Waals surface area contributed by atoms with Crippen molar-refractivity contribution < 1.29 is 0 Å².